The summed E-state index contributed by atoms with van der Waals surface area (Å²) in [5, 5.41) is 3.37. The maximum atomic E-state index is 3.37. The van der Waals surface area contributed by atoms with Gasteiger partial charge < -0.3 is 5.32 Å². The van der Waals surface area contributed by atoms with Crippen LogP contribution in [-0.4, -0.2) is 37.4 Å². The number of hydrogen-bond acceptors (Lipinski definition) is 2. The molecule has 1 heterocycles. The minimum atomic E-state index is 0.698. The van der Waals surface area contributed by atoms with Crippen LogP contribution in [0.3, 0.4) is 0 Å². The van der Waals surface area contributed by atoms with Gasteiger partial charge in [-0.15, -0.1) is 9.24 Å². The Kier molecular flexibility index (Phi) is 3.77. The van der Waals surface area contributed by atoms with E-state index in [4.69, 9.17) is 0 Å². The van der Waals surface area contributed by atoms with Gasteiger partial charge in [0.1, 0.15) is 0 Å². The molecular weight excluding hydrogens is 155 g/mol. The van der Waals surface area contributed by atoms with Crippen molar-refractivity contribution in [3.05, 3.63) is 0 Å². The molecule has 0 radical (unpaired) electrons. The third-order valence-electron chi connectivity index (χ3n) is 2.67. The molecule has 1 N–H and O–H groups in total. The van der Waals surface area contributed by atoms with Gasteiger partial charge in [0.05, 0.1) is 0 Å². The van der Waals surface area contributed by atoms with E-state index in [9.17, 15) is 0 Å². The molecule has 3 atom stereocenters. The Balaban J connectivity index is 2.37. The standard InChI is InChI=1S/C8H19N2P/c1-7-3-4-10(6-11)5-8(7)9-2/h7-9H,3-6,11H2,1-2H3. The third kappa shape index (κ3) is 2.40. The van der Waals surface area contributed by atoms with Crippen LogP contribution in [0.4, 0.5) is 0 Å². The zero-order chi connectivity index (χ0) is 8.27. The van der Waals surface area contributed by atoms with Gasteiger partial charge in [-0.25, -0.2) is 0 Å². The SMILES string of the molecule is CNC1CN(CP)CCC1C. The first-order valence-electron chi connectivity index (χ1n) is 4.37. The average Bonchev–Trinajstić information content (AvgIpc) is 2.05. The van der Waals surface area contributed by atoms with Crippen LogP contribution in [0, 0.1) is 5.92 Å². The van der Waals surface area contributed by atoms with Crippen LogP contribution in [0.15, 0.2) is 0 Å². The summed E-state index contributed by atoms with van der Waals surface area (Å²) >= 11 is 0. The van der Waals surface area contributed by atoms with Gasteiger partial charge in [-0.05, 0) is 25.9 Å². The highest BCUT2D eigenvalue weighted by Gasteiger charge is 2.23. The summed E-state index contributed by atoms with van der Waals surface area (Å²) in [6.07, 6.45) is 2.45. The van der Waals surface area contributed by atoms with Gasteiger partial charge in [-0.2, -0.15) is 0 Å². The number of piperidine rings is 1. The van der Waals surface area contributed by atoms with E-state index in [-0.39, 0.29) is 0 Å². The minimum absolute atomic E-state index is 0.698. The summed E-state index contributed by atoms with van der Waals surface area (Å²) in [7, 11) is 4.86. The quantitative estimate of drug-likeness (QED) is 0.621. The molecule has 1 rings (SSSR count). The molecule has 0 aromatic carbocycles. The molecule has 0 saturated carbocycles. The summed E-state index contributed by atoms with van der Waals surface area (Å²) in [4.78, 5) is 2.48. The lowest BCUT2D eigenvalue weighted by Gasteiger charge is -2.36. The number of nitrogens with one attached hydrogen (secondary N) is 1. The molecule has 0 aliphatic carbocycles. The van der Waals surface area contributed by atoms with Gasteiger partial charge in [0.2, 0.25) is 0 Å². The maximum Gasteiger partial charge on any atom is 0.0218 e. The first-order valence-corrected chi connectivity index (χ1v) is 5.19. The second kappa shape index (κ2) is 4.39. The molecule has 66 valence electrons. The highest BCUT2D eigenvalue weighted by molar-refractivity contribution is 7.16. The molecule has 1 saturated heterocycles. The van der Waals surface area contributed by atoms with Gasteiger partial charge in [-0.3, -0.25) is 4.90 Å². The van der Waals surface area contributed by atoms with Crippen LogP contribution in [0.2, 0.25) is 0 Å². The number of hydrogen-bond donors (Lipinski definition) is 1. The molecule has 2 nitrogen and oxygen atoms in total. The third-order valence-corrected chi connectivity index (χ3v) is 3.19. The summed E-state index contributed by atoms with van der Waals surface area (Å²) < 4.78 is 0. The first-order chi connectivity index (χ1) is 5.27. The van der Waals surface area contributed by atoms with Crippen molar-refractivity contribution in [3.8, 4) is 0 Å². The molecule has 1 aliphatic heterocycles. The van der Waals surface area contributed by atoms with E-state index >= 15 is 0 Å². The van der Waals surface area contributed by atoms with E-state index in [2.05, 4.69) is 33.4 Å². The van der Waals surface area contributed by atoms with E-state index in [1.807, 2.05) is 0 Å². The van der Waals surface area contributed by atoms with Crippen LogP contribution in [-0.2, 0) is 0 Å². The highest BCUT2D eigenvalue weighted by Crippen LogP contribution is 2.16. The Morgan fingerprint density at radius 2 is 2.36 bits per heavy atom. The highest BCUT2D eigenvalue weighted by atomic mass is 31.0. The fourth-order valence-corrected chi connectivity index (χ4v) is 2.01. The van der Waals surface area contributed by atoms with E-state index in [1.54, 1.807) is 0 Å². The minimum Gasteiger partial charge on any atom is -0.315 e. The number of likely N-dealkylation sites (tertiary alicyclic amines) is 1. The van der Waals surface area contributed by atoms with Crippen molar-refractivity contribution in [1.29, 1.82) is 0 Å². The molecule has 3 heteroatoms. The fourth-order valence-electron chi connectivity index (χ4n) is 1.68. The van der Waals surface area contributed by atoms with Crippen LogP contribution < -0.4 is 5.32 Å². The maximum absolute atomic E-state index is 3.37. The van der Waals surface area contributed by atoms with Gasteiger partial charge in [0, 0.05) is 18.9 Å². The lowest BCUT2D eigenvalue weighted by Crippen LogP contribution is -2.48. The lowest BCUT2D eigenvalue weighted by molar-refractivity contribution is 0.175. The average molecular weight is 174 g/mol. The largest absolute Gasteiger partial charge is 0.315 e. The zero-order valence-corrected chi connectivity index (χ0v) is 8.66. The zero-order valence-electron chi connectivity index (χ0n) is 7.51. The summed E-state index contributed by atoms with van der Waals surface area (Å²) in [6, 6.07) is 0.698. The van der Waals surface area contributed by atoms with E-state index < -0.39 is 0 Å². The number of nitrogens with zero attached hydrogens (tertiary/aromatic N) is 1. The Morgan fingerprint density at radius 1 is 1.64 bits per heavy atom. The predicted molar refractivity (Wildman–Crippen MR) is 52.8 cm³/mol. The van der Waals surface area contributed by atoms with E-state index in [0.717, 1.165) is 12.2 Å². The Labute approximate surface area is 71.9 Å². The first kappa shape index (κ1) is 9.44. The summed E-state index contributed by atoms with van der Waals surface area (Å²) in [5.74, 6) is 0.841. The van der Waals surface area contributed by atoms with Crippen LogP contribution in [0.25, 0.3) is 0 Å². The monoisotopic (exact) mass is 174 g/mol. The van der Waals surface area contributed by atoms with Crippen molar-refractivity contribution in [2.45, 2.75) is 19.4 Å². The molecule has 0 aromatic rings. The number of likely N-dealkylation sites (N-methyl/N-ethyl adjacent to an activating group) is 1. The van der Waals surface area contributed by atoms with Crippen LogP contribution in [0.1, 0.15) is 13.3 Å². The van der Waals surface area contributed by atoms with E-state index in [1.165, 1.54) is 19.5 Å². The Hall–Kier alpha value is 0.350. The van der Waals surface area contributed by atoms with E-state index in [0.29, 0.717) is 6.04 Å². The predicted octanol–water partition coefficient (Wildman–Crippen LogP) is 0.749. The van der Waals surface area contributed by atoms with Crippen molar-refractivity contribution in [2.24, 2.45) is 5.92 Å². The van der Waals surface area contributed by atoms with Crippen molar-refractivity contribution >= 4 is 9.24 Å². The Bertz CT molecular complexity index is 119. The van der Waals surface area contributed by atoms with Crippen LogP contribution >= 0.6 is 9.24 Å². The molecule has 0 aromatic heterocycles. The molecule has 0 bridgehead atoms. The number of rotatable bonds is 2. The molecule has 1 aliphatic rings. The summed E-state index contributed by atoms with van der Waals surface area (Å²) in [5.41, 5.74) is 0. The second-order valence-electron chi connectivity index (χ2n) is 3.42. The van der Waals surface area contributed by atoms with Gasteiger partial charge in [0.25, 0.3) is 0 Å². The van der Waals surface area contributed by atoms with Crippen molar-refractivity contribution in [3.63, 3.8) is 0 Å². The van der Waals surface area contributed by atoms with Crippen molar-refractivity contribution < 1.29 is 0 Å². The van der Waals surface area contributed by atoms with Gasteiger partial charge in [0.15, 0.2) is 0 Å². The molecule has 0 amide bonds. The van der Waals surface area contributed by atoms with Gasteiger partial charge in [-0.1, -0.05) is 6.92 Å². The topological polar surface area (TPSA) is 15.3 Å². The molecule has 1 fully saturated rings. The lowest BCUT2D eigenvalue weighted by atomic mass is 9.94. The normalized spacial score (nSPS) is 34.1. The fraction of sp³-hybridized carbons (Fsp3) is 1.00. The molecular formula is C8H19N2P. The molecule has 3 unspecified atom stereocenters. The summed E-state index contributed by atoms with van der Waals surface area (Å²) in [6.45, 7) is 4.81. The van der Waals surface area contributed by atoms with Gasteiger partial charge >= 0.3 is 0 Å². The molecule has 0 spiro atoms. The van der Waals surface area contributed by atoms with Crippen molar-refractivity contribution in [1.82, 2.24) is 10.2 Å². The second-order valence-corrected chi connectivity index (χ2v) is 3.79. The smallest absolute Gasteiger partial charge is 0.0218 e. The van der Waals surface area contributed by atoms with Crippen LogP contribution in [0.5, 0.6) is 0 Å². The molecule has 11 heavy (non-hydrogen) atoms. The Morgan fingerprint density at radius 3 is 2.91 bits per heavy atom. The van der Waals surface area contributed by atoms with Crippen molar-refractivity contribution in [2.75, 3.05) is 26.4 Å².